The van der Waals surface area contributed by atoms with Crippen molar-refractivity contribution >= 4 is 59.0 Å². The van der Waals surface area contributed by atoms with Crippen LogP contribution in [0.1, 0.15) is 11.1 Å². The van der Waals surface area contributed by atoms with Crippen molar-refractivity contribution in [2.24, 2.45) is 0 Å². The normalized spacial score (nSPS) is 12.0. The van der Waals surface area contributed by atoms with Gasteiger partial charge in [-0.1, -0.05) is 23.7 Å². The smallest absolute Gasteiger partial charge is 0.169 e. The minimum Gasteiger partial charge on any atom is -0.338 e. The molecule has 0 aliphatic rings. The molecule has 2 aromatic carbocycles. The van der Waals surface area contributed by atoms with E-state index in [1.165, 1.54) is 6.33 Å². The van der Waals surface area contributed by atoms with Crippen molar-refractivity contribution in [1.82, 2.24) is 19.5 Å². The van der Waals surface area contributed by atoms with E-state index in [1.807, 2.05) is 66.2 Å². The van der Waals surface area contributed by atoms with Crippen LogP contribution < -0.4 is 10.6 Å². The molecule has 0 saturated heterocycles. The highest BCUT2D eigenvalue weighted by molar-refractivity contribution is 7.70. The molecule has 152 valence electrons. The first-order chi connectivity index (χ1) is 14.3. The van der Waals surface area contributed by atoms with Crippen molar-refractivity contribution < 1.29 is 4.57 Å². The molecule has 6 nitrogen and oxygen atoms in total. The quantitative estimate of drug-likeness (QED) is 0.423. The molecule has 2 aromatic heterocycles. The van der Waals surface area contributed by atoms with E-state index >= 15 is 0 Å². The fraction of sp³-hybridized carbons (Fsp3) is 0.136. The Morgan fingerprint density at radius 1 is 1.07 bits per heavy atom. The summed E-state index contributed by atoms with van der Waals surface area (Å²) in [5.74, 6) is 0.602. The van der Waals surface area contributed by atoms with Gasteiger partial charge in [0.05, 0.1) is 0 Å². The number of nitrogens with one attached hydrogen (secondary N) is 1. The van der Waals surface area contributed by atoms with E-state index in [1.54, 1.807) is 19.7 Å². The summed E-state index contributed by atoms with van der Waals surface area (Å²) in [7, 11) is -2.28. The molecule has 0 radical (unpaired) electrons. The van der Waals surface area contributed by atoms with Crippen LogP contribution in [-0.4, -0.2) is 32.8 Å². The highest BCUT2D eigenvalue weighted by Crippen LogP contribution is 2.35. The van der Waals surface area contributed by atoms with Crippen LogP contribution in [0, 0.1) is 6.92 Å². The number of halogens is 1. The van der Waals surface area contributed by atoms with Crippen LogP contribution in [0.25, 0.3) is 23.4 Å². The molecule has 0 fully saturated rings. The molecule has 8 heteroatoms. The summed E-state index contributed by atoms with van der Waals surface area (Å²) < 4.78 is 14.0. The summed E-state index contributed by atoms with van der Waals surface area (Å²) in [6.07, 6.45) is 7.02. The van der Waals surface area contributed by atoms with Crippen LogP contribution in [0.3, 0.4) is 0 Å². The predicted molar refractivity (Wildman–Crippen MR) is 126 cm³/mol. The van der Waals surface area contributed by atoms with Crippen molar-refractivity contribution in [2.75, 3.05) is 18.6 Å². The van der Waals surface area contributed by atoms with Crippen LogP contribution in [0.4, 0.5) is 11.5 Å². The summed E-state index contributed by atoms with van der Waals surface area (Å²) in [5, 5.41) is 4.80. The topological polar surface area (TPSA) is 72.7 Å². The molecule has 0 aliphatic carbocycles. The van der Waals surface area contributed by atoms with E-state index in [4.69, 9.17) is 11.6 Å². The summed E-state index contributed by atoms with van der Waals surface area (Å²) >= 11 is 6.31. The molecule has 0 unspecified atom stereocenters. The number of fused-ring (bicyclic) bond motifs is 1. The zero-order chi connectivity index (χ0) is 21.3. The number of benzene rings is 2. The Morgan fingerprint density at radius 3 is 2.53 bits per heavy atom. The number of hydrogen-bond donors (Lipinski definition) is 1. The van der Waals surface area contributed by atoms with Gasteiger partial charge in [0.15, 0.2) is 17.0 Å². The molecule has 1 N–H and O–H groups in total. The molecule has 0 atom stereocenters. The highest BCUT2D eigenvalue weighted by atomic mass is 35.5. The fourth-order valence-corrected chi connectivity index (χ4v) is 4.26. The predicted octanol–water partition coefficient (Wildman–Crippen LogP) is 5.41. The molecule has 2 heterocycles. The molecule has 30 heavy (non-hydrogen) atoms. The Hall–Kier alpha value is -2.95. The lowest BCUT2D eigenvalue weighted by molar-refractivity contribution is 0.588. The SMILES string of the molecule is Cc1cccc(Cl)c1C=Cn1cnc2c(Nc3ccc(P(C)(C)=O)cc3)ncnc21. The van der Waals surface area contributed by atoms with Crippen molar-refractivity contribution in [3.8, 4) is 0 Å². The van der Waals surface area contributed by atoms with E-state index < -0.39 is 7.14 Å². The van der Waals surface area contributed by atoms with E-state index in [-0.39, 0.29) is 0 Å². The Labute approximate surface area is 180 Å². The van der Waals surface area contributed by atoms with Gasteiger partial charge in [-0.25, -0.2) is 15.0 Å². The van der Waals surface area contributed by atoms with Crippen LogP contribution in [0.2, 0.25) is 5.02 Å². The highest BCUT2D eigenvalue weighted by Gasteiger charge is 2.12. The molecule has 4 rings (SSSR count). The van der Waals surface area contributed by atoms with Gasteiger partial charge in [0.1, 0.15) is 19.8 Å². The summed E-state index contributed by atoms with van der Waals surface area (Å²) in [4.78, 5) is 13.2. The van der Waals surface area contributed by atoms with Gasteiger partial charge in [-0.05, 0) is 67.8 Å². The average Bonchev–Trinajstić information content (AvgIpc) is 3.12. The van der Waals surface area contributed by atoms with Gasteiger partial charge in [0.25, 0.3) is 0 Å². The number of imidazole rings is 1. The number of anilines is 2. The average molecular weight is 438 g/mol. The largest absolute Gasteiger partial charge is 0.338 e. The van der Waals surface area contributed by atoms with Gasteiger partial charge >= 0.3 is 0 Å². The first-order valence-corrected chi connectivity index (χ1v) is 12.3. The third kappa shape index (κ3) is 4.16. The number of hydrogen-bond acceptors (Lipinski definition) is 5. The lowest BCUT2D eigenvalue weighted by Gasteiger charge is -2.09. The maximum Gasteiger partial charge on any atom is 0.169 e. The third-order valence-electron chi connectivity index (χ3n) is 4.78. The summed E-state index contributed by atoms with van der Waals surface area (Å²) in [6.45, 7) is 5.53. The molecular weight excluding hydrogens is 417 g/mol. The Kier molecular flexibility index (Phi) is 5.46. The second kappa shape index (κ2) is 8.05. The zero-order valence-electron chi connectivity index (χ0n) is 16.9. The van der Waals surface area contributed by atoms with E-state index in [2.05, 4.69) is 20.3 Å². The minimum atomic E-state index is -2.28. The maximum atomic E-state index is 12.2. The van der Waals surface area contributed by atoms with Gasteiger partial charge in [0, 0.05) is 22.2 Å². The fourth-order valence-electron chi connectivity index (χ4n) is 3.10. The molecule has 4 aromatic rings. The van der Waals surface area contributed by atoms with Gasteiger partial charge in [-0.15, -0.1) is 0 Å². The zero-order valence-corrected chi connectivity index (χ0v) is 18.5. The Morgan fingerprint density at radius 2 is 1.83 bits per heavy atom. The Bertz CT molecular complexity index is 1270. The Balaban J connectivity index is 1.64. The molecule has 0 spiro atoms. The number of nitrogens with zero attached hydrogens (tertiary/aromatic N) is 4. The first kappa shape index (κ1) is 20.3. The molecule has 0 amide bonds. The first-order valence-electron chi connectivity index (χ1n) is 9.36. The van der Waals surface area contributed by atoms with Gasteiger partial charge in [-0.3, -0.25) is 4.57 Å². The van der Waals surface area contributed by atoms with Crippen molar-refractivity contribution in [3.63, 3.8) is 0 Å². The second-order valence-corrected chi connectivity index (χ2v) is 11.0. The van der Waals surface area contributed by atoms with E-state index in [0.29, 0.717) is 22.0 Å². The van der Waals surface area contributed by atoms with Crippen molar-refractivity contribution in [2.45, 2.75) is 6.92 Å². The maximum absolute atomic E-state index is 12.2. The number of rotatable bonds is 5. The molecular formula is C22H21ClN5OP. The lowest BCUT2D eigenvalue weighted by atomic mass is 10.1. The van der Waals surface area contributed by atoms with Gasteiger partial charge in [-0.2, -0.15) is 0 Å². The van der Waals surface area contributed by atoms with Gasteiger partial charge < -0.3 is 9.88 Å². The monoisotopic (exact) mass is 437 g/mol. The number of aryl methyl sites for hydroxylation is 1. The van der Waals surface area contributed by atoms with Crippen LogP contribution >= 0.6 is 18.7 Å². The molecule has 0 saturated carbocycles. The van der Waals surface area contributed by atoms with Crippen molar-refractivity contribution in [3.05, 3.63) is 71.3 Å². The third-order valence-corrected chi connectivity index (χ3v) is 6.65. The molecule has 0 bridgehead atoms. The van der Waals surface area contributed by atoms with Crippen LogP contribution in [0.15, 0.2) is 55.1 Å². The van der Waals surface area contributed by atoms with E-state index in [9.17, 15) is 4.57 Å². The molecule has 0 aliphatic heterocycles. The summed E-state index contributed by atoms with van der Waals surface area (Å²) in [5.41, 5.74) is 4.21. The standard InChI is InChI=1S/C22H21ClN5OP/c1-15-5-4-6-19(23)18(15)11-12-28-14-26-20-21(24-13-25-22(20)28)27-16-7-9-17(10-8-16)30(2,3)29/h4-14H,1-3H3,(H,24,25,27). The van der Waals surface area contributed by atoms with Crippen molar-refractivity contribution in [1.29, 1.82) is 0 Å². The van der Waals surface area contributed by atoms with Crippen LogP contribution in [0.5, 0.6) is 0 Å². The van der Waals surface area contributed by atoms with E-state index in [0.717, 1.165) is 22.1 Å². The second-order valence-electron chi connectivity index (χ2n) is 7.36. The summed E-state index contributed by atoms with van der Waals surface area (Å²) in [6, 6.07) is 13.3. The number of aromatic nitrogens is 4. The van der Waals surface area contributed by atoms with Crippen LogP contribution in [-0.2, 0) is 4.57 Å². The van der Waals surface area contributed by atoms with Gasteiger partial charge in [0.2, 0.25) is 0 Å². The lowest BCUT2D eigenvalue weighted by Crippen LogP contribution is -2.03. The minimum absolute atomic E-state index is 0.602.